The fraction of sp³-hybridized carbons (Fsp3) is 0.562. The van der Waals surface area contributed by atoms with Gasteiger partial charge in [-0.05, 0) is 49.6 Å². The van der Waals surface area contributed by atoms with Gasteiger partial charge >= 0.3 is 6.36 Å². The molecule has 0 radical (unpaired) electrons. The number of ether oxygens (including phenoxy) is 1. The van der Waals surface area contributed by atoms with Crippen molar-refractivity contribution in [2.45, 2.75) is 26.1 Å². The molecule has 142 valence electrons. The van der Waals surface area contributed by atoms with Crippen LogP contribution < -0.4 is 15.8 Å². The first kappa shape index (κ1) is 21.8. The molecule has 1 atom stereocenters. The van der Waals surface area contributed by atoms with Crippen molar-refractivity contribution >= 4 is 35.6 Å². The van der Waals surface area contributed by atoms with E-state index in [1.807, 2.05) is 0 Å². The van der Waals surface area contributed by atoms with Crippen LogP contribution in [0.1, 0.15) is 19.8 Å². The normalized spacial score (nSPS) is 19.2. The molecule has 5 nitrogen and oxygen atoms in total. The quantitative estimate of drug-likeness (QED) is 0.390. The minimum Gasteiger partial charge on any atom is -0.406 e. The second kappa shape index (κ2) is 10.0. The molecule has 1 saturated heterocycles. The van der Waals surface area contributed by atoms with Crippen molar-refractivity contribution in [2.75, 3.05) is 31.5 Å². The van der Waals surface area contributed by atoms with Crippen molar-refractivity contribution in [1.29, 1.82) is 0 Å². The Morgan fingerprint density at radius 2 is 2.04 bits per heavy atom. The molecule has 25 heavy (non-hydrogen) atoms. The maximum Gasteiger partial charge on any atom is 0.573 e. The lowest BCUT2D eigenvalue weighted by Crippen LogP contribution is -2.36. The van der Waals surface area contributed by atoms with Gasteiger partial charge in [0, 0.05) is 18.8 Å². The van der Waals surface area contributed by atoms with E-state index in [2.05, 4.69) is 26.9 Å². The van der Waals surface area contributed by atoms with Gasteiger partial charge in [0.05, 0.1) is 6.54 Å². The number of halogens is 4. The number of guanidine groups is 1. The van der Waals surface area contributed by atoms with Gasteiger partial charge in [0.25, 0.3) is 0 Å². The number of benzene rings is 1. The molecule has 0 spiro atoms. The van der Waals surface area contributed by atoms with Crippen LogP contribution >= 0.6 is 24.0 Å². The molecule has 1 aromatic rings. The monoisotopic (exact) mass is 472 g/mol. The van der Waals surface area contributed by atoms with Crippen LogP contribution in [0.25, 0.3) is 0 Å². The first-order valence-electron chi connectivity index (χ1n) is 7.97. The van der Waals surface area contributed by atoms with E-state index < -0.39 is 6.36 Å². The van der Waals surface area contributed by atoms with E-state index in [1.165, 1.54) is 37.1 Å². The molecule has 2 rings (SSSR count). The van der Waals surface area contributed by atoms with Crippen LogP contribution in [-0.2, 0) is 0 Å². The fourth-order valence-corrected chi connectivity index (χ4v) is 2.73. The highest BCUT2D eigenvalue weighted by molar-refractivity contribution is 14.0. The number of nitrogens with two attached hydrogens (primary N) is 1. The van der Waals surface area contributed by atoms with Crippen LogP contribution in [0.4, 0.5) is 18.9 Å². The number of hydrogen-bond donors (Lipinski definition) is 2. The van der Waals surface area contributed by atoms with Crippen molar-refractivity contribution in [3.63, 3.8) is 0 Å². The Bertz CT molecular complexity index is 551. The first-order chi connectivity index (χ1) is 11.3. The lowest BCUT2D eigenvalue weighted by atomic mass is 10.0. The van der Waals surface area contributed by atoms with Gasteiger partial charge in [0.2, 0.25) is 0 Å². The molecule has 0 aliphatic carbocycles. The summed E-state index contributed by atoms with van der Waals surface area (Å²) in [4.78, 5) is 6.62. The van der Waals surface area contributed by atoms with Gasteiger partial charge in [-0.15, -0.1) is 37.1 Å². The molecule has 9 heteroatoms. The Morgan fingerprint density at radius 3 is 2.64 bits per heavy atom. The van der Waals surface area contributed by atoms with Gasteiger partial charge in [-0.25, -0.2) is 0 Å². The van der Waals surface area contributed by atoms with Crippen molar-refractivity contribution < 1.29 is 17.9 Å². The highest BCUT2D eigenvalue weighted by atomic mass is 127. The van der Waals surface area contributed by atoms with E-state index in [0.29, 0.717) is 12.2 Å². The lowest BCUT2D eigenvalue weighted by molar-refractivity contribution is -0.274. The van der Waals surface area contributed by atoms with E-state index in [9.17, 15) is 13.2 Å². The molecule has 1 aliphatic heterocycles. The second-order valence-electron chi connectivity index (χ2n) is 6.01. The van der Waals surface area contributed by atoms with E-state index in [4.69, 9.17) is 5.73 Å². The van der Waals surface area contributed by atoms with E-state index >= 15 is 0 Å². The van der Waals surface area contributed by atoms with E-state index in [-0.39, 0.29) is 35.7 Å². The highest BCUT2D eigenvalue weighted by Crippen LogP contribution is 2.23. The minimum atomic E-state index is -4.69. The number of rotatable bonds is 5. The molecule has 0 amide bonds. The van der Waals surface area contributed by atoms with Gasteiger partial charge in [-0.3, -0.25) is 4.99 Å². The summed E-state index contributed by atoms with van der Waals surface area (Å²) in [5.74, 6) is 0.683. The zero-order chi connectivity index (χ0) is 17.6. The van der Waals surface area contributed by atoms with Gasteiger partial charge in [0.15, 0.2) is 5.96 Å². The summed E-state index contributed by atoms with van der Waals surface area (Å²) in [7, 11) is 0. The summed E-state index contributed by atoms with van der Waals surface area (Å²) < 4.78 is 40.1. The Hall–Kier alpha value is -1.23. The molecular formula is C16H24F3IN4O. The zero-order valence-electron chi connectivity index (χ0n) is 14.1. The Balaban J connectivity index is 0.00000312. The number of anilines is 1. The number of nitrogens with one attached hydrogen (secondary N) is 1. The Kier molecular flexibility index (Phi) is 8.77. The van der Waals surface area contributed by atoms with Crippen LogP contribution in [0.5, 0.6) is 5.75 Å². The predicted molar refractivity (Wildman–Crippen MR) is 103 cm³/mol. The van der Waals surface area contributed by atoms with Gasteiger partial charge in [-0.2, -0.15) is 0 Å². The van der Waals surface area contributed by atoms with Crippen molar-refractivity contribution in [3.8, 4) is 5.75 Å². The minimum absolute atomic E-state index is 0. The largest absolute Gasteiger partial charge is 0.573 e. The Morgan fingerprint density at radius 1 is 1.36 bits per heavy atom. The number of nitrogens with zero attached hydrogens (tertiary/aromatic N) is 2. The number of aliphatic imine (C=N–C) groups is 1. The summed E-state index contributed by atoms with van der Waals surface area (Å²) in [5, 5.41) is 2.85. The molecule has 1 fully saturated rings. The SMILES string of the molecule is CC1CCCN(CCN=C(N)Nc2ccc(OC(F)(F)F)cc2)C1.I. The molecule has 1 heterocycles. The van der Waals surface area contributed by atoms with Crippen LogP contribution in [0.2, 0.25) is 0 Å². The maximum absolute atomic E-state index is 12.1. The van der Waals surface area contributed by atoms with Gasteiger partial charge in [-0.1, -0.05) is 6.92 Å². The highest BCUT2D eigenvalue weighted by Gasteiger charge is 2.30. The zero-order valence-corrected chi connectivity index (χ0v) is 16.4. The lowest BCUT2D eigenvalue weighted by Gasteiger charge is -2.30. The van der Waals surface area contributed by atoms with Gasteiger partial charge < -0.3 is 20.7 Å². The molecule has 1 unspecified atom stereocenters. The van der Waals surface area contributed by atoms with Crippen LogP contribution in [0.15, 0.2) is 29.3 Å². The van der Waals surface area contributed by atoms with Gasteiger partial charge in [0.1, 0.15) is 5.75 Å². The van der Waals surface area contributed by atoms with Crippen molar-refractivity contribution in [3.05, 3.63) is 24.3 Å². The standard InChI is InChI=1S/C16H23F3N4O.HI/c1-12-3-2-9-23(11-12)10-8-21-15(20)22-13-4-6-14(7-5-13)24-16(17,18)19;/h4-7,12H,2-3,8-11H2,1H3,(H3,20,21,22);1H. The molecule has 1 aliphatic rings. The summed E-state index contributed by atoms with van der Waals surface area (Å²) in [6, 6.07) is 5.35. The topological polar surface area (TPSA) is 62.9 Å². The number of alkyl halides is 3. The summed E-state index contributed by atoms with van der Waals surface area (Å²) in [6.45, 7) is 5.86. The third-order valence-electron chi connectivity index (χ3n) is 3.80. The summed E-state index contributed by atoms with van der Waals surface area (Å²) in [5.41, 5.74) is 6.35. The number of piperidine rings is 1. The maximum atomic E-state index is 12.1. The second-order valence-corrected chi connectivity index (χ2v) is 6.01. The molecule has 0 aromatic heterocycles. The first-order valence-corrected chi connectivity index (χ1v) is 7.97. The van der Waals surface area contributed by atoms with E-state index in [1.54, 1.807) is 0 Å². The average Bonchev–Trinajstić information content (AvgIpc) is 2.48. The smallest absolute Gasteiger partial charge is 0.406 e. The van der Waals surface area contributed by atoms with E-state index in [0.717, 1.165) is 25.6 Å². The third-order valence-corrected chi connectivity index (χ3v) is 3.80. The number of hydrogen-bond acceptors (Lipinski definition) is 3. The Labute approximate surface area is 162 Å². The predicted octanol–water partition coefficient (Wildman–Crippen LogP) is 3.66. The molecule has 0 saturated carbocycles. The van der Waals surface area contributed by atoms with Crippen molar-refractivity contribution in [1.82, 2.24) is 4.90 Å². The molecule has 0 bridgehead atoms. The van der Waals surface area contributed by atoms with Crippen LogP contribution in [0, 0.1) is 5.92 Å². The molecular weight excluding hydrogens is 448 g/mol. The summed E-state index contributed by atoms with van der Waals surface area (Å²) >= 11 is 0. The van der Waals surface area contributed by atoms with Crippen LogP contribution in [0.3, 0.4) is 0 Å². The summed E-state index contributed by atoms with van der Waals surface area (Å²) in [6.07, 6.45) is -2.20. The van der Waals surface area contributed by atoms with Crippen molar-refractivity contribution in [2.24, 2.45) is 16.6 Å². The molecule has 1 aromatic carbocycles. The molecule has 3 N–H and O–H groups in total. The number of likely N-dealkylation sites (tertiary alicyclic amines) is 1. The third kappa shape index (κ3) is 8.61. The van der Waals surface area contributed by atoms with Crippen LogP contribution in [-0.4, -0.2) is 43.4 Å². The fourth-order valence-electron chi connectivity index (χ4n) is 2.73. The average molecular weight is 472 g/mol.